The van der Waals surface area contributed by atoms with Crippen LogP contribution in [0.2, 0.25) is 0 Å². The van der Waals surface area contributed by atoms with Gasteiger partial charge in [-0.3, -0.25) is 4.79 Å². The van der Waals surface area contributed by atoms with Crippen molar-refractivity contribution in [2.24, 2.45) is 5.41 Å². The van der Waals surface area contributed by atoms with Crippen molar-refractivity contribution in [2.45, 2.75) is 37.5 Å². The molecule has 0 radical (unpaired) electrons. The third-order valence-electron chi connectivity index (χ3n) is 4.01. The Bertz CT molecular complexity index is 922. The summed E-state index contributed by atoms with van der Waals surface area (Å²) in [4.78, 5) is 12.9. The first-order chi connectivity index (χ1) is 10.6. The Labute approximate surface area is 136 Å². The van der Waals surface area contributed by atoms with Crippen LogP contribution in [0.4, 0.5) is 5.69 Å². The maximum absolute atomic E-state index is 12.6. The van der Waals surface area contributed by atoms with Gasteiger partial charge in [0.1, 0.15) is 0 Å². The van der Waals surface area contributed by atoms with Crippen LogP contribution in [0, 0.1) is 12.3 Å². The van der Waals surface area contributed by atoms with Crippen LogP contribution in [0.5, 0.6) is 0 Å². The van der Waals surface area contributed by atoms with Crippen LogP contribution in [0.1, 0.15) is 26.3 Å². The van der Waals surface area contributed by atoms with Gasteiger partial charge in [-0.25, -0.2) is 8.42 Å². The zero-order chi connectivity index (χ0) is 17.0. The highest BCUT2D eigenvalue weighted by Gasteiger charge is 2.33. The average Bonchev–Trinajstić information content (AvgIpc) is 2.68. The largest absolute Gasteiger partial charge is 0.325 e. The number of carbonyl (C=O) groups excluding carboxylic acids is 1. The lowest BCUT2D eigenvalue weighted by Crippen LogP contribution is -2.28. The van der Waals surface area contributed by atoms with Crippen LogP contribution in [0.3, 0.4) is 0 Å². The van der Waals surface area contributed by atoms with Gasteiger partial charge in [-0.05, 0) is 30.7 Å². The molecule has 0 fully saturated rings. The van der Waals surface area contributed by atoms with Gasteiger partial charge in [0.15, 0.2) is 0 Å². The topological polar surface area (TPSA) is 63.2 Å². The van der Waals surface area contributed by atoms with E-state index in [9.17, 15) is 13.2 Å². The predicted octanol–water partition coefficient (Wildman–Crippen LogP) is 3.79. The summed E-state index contributed by atoms with van der Waals surface area (Å²) in [5.41, 5.74) is 2.20. The molecule has 5 heteroatoms. The molecule has 120 valence electrons. The second-order valence-corrected chi connectivity index (χ2v) is 8.75. The fourth-order valence-corrected chi connectivity index (χ4v) is 4.35. The van der Waals surface area contributed by atoms with Crippen molar-refractivity contribution >= 4 is 21.4 Å². The van der Waals surface area contributed by atoms with Crippen molar-refractivity contribution < 1.29 is 13.2 Å². The number of sulfone groups is 1. The minimum Gasteiger partial charge on any atom is -0.325 e. The third kappa shape index (κ3) is 2.45. The number of fused-ring (bicyclic) bond motifs is 3. The number of anilines is 1. The monoisotopic (exact) mass is 329 g/mol. The smallest absolute Gasteiger partial charge is 0.229 e. The summed E-state index contributed by atoms with van der Waals surface area (Å²) in [5, 5.41) is 2.90. The quantitative estimate of drug-likeness (QED) is 0.739. The minimum absolute atomic E-state index is 0.102. The number of carbonyl (C=O) groups is 1. The number of nitrogens with one attached hydrogen (secondary N) is 1. The highest BCUT2D eigenvalue weighted by atomic mass is 32.2. The van der Waals surface area contributed by atoms with Crippen LogP contribution >= 0.6 is 0 Å². The van der Waals surface area contributed by atoms with Crippen LogP contribution in [0.25, 0.3) is 11.1 Å². The van der Waals surface area contributed by atoms with Gasteiger partial charge in [0.25, 0.3) is 0 Å². The maximum Gasteiger partial charge on any atom is 0.229 e. The molecule has 4 nitrogen and oxygen atoms in total. The number of aryl methyl sites for hydroxylation is 1. The lowest BCUT2D eigenvalue weighted by atomic mass is 9.95. The van der Waals surface area contributed by atoms with Crippen molar-refractivity contribution in [3.8, 4) is 11.1 Å². The standard InChI is InChI=1S/C18H19NO3S/c1-11-9-16-13(10-14(11)19-17(20)18(2,3)4)12-7-5-6-8-15(12)23(16,21)22/h5-10H,1-4H3,(H,19,20). The summed E-state index contributed by atoms with van der Waals surface area (Å²) in [7, 11) is -3.47. The Morgan fingerprint density at radius 3 is 2.30 bits per heavy atom. The van der Waals surface area contributed by atoms with Crippen molar-refractivity contribution in [2.75, 3.05) is 5.32 Å². The van der Waals surface area contributed by atoms with Crippen molar-refractivity contribution in [1.82, 2.24) is 0 Å². The fourth-order valence-electron chi connectivity index (χ4n) is 2.60. The Morgan fingerprint density at radius 2 is 1.65 bits per heavy atom. The Morgan fingerprint density at radius 1 is 1.00 bits per heavy atom. The van der Waals surface area contributed by atoms with Crippen LogP contribution < -0.4 is 5.32 Å². The van der Waals surface area contributed by atoms with Gasteiger partial charge < -0.3 is 5.32 Å². The van der Waals surface area contributed by atoms with E-state index in [1.807, 2.05) is 26.8 Å². The van der Waals surface area contributed by atoms with Crippen molar-refractivity contribution in [3.05, 3.63) is 42.0 Å². The second-order valence-electron chi connectivity index (χ2n) is 6.87. The lowest BCUT2D eigenvalue weighted by Gasteiger charge is -2.19. The molecular weight excluding hydrogens is 310 g/mol. The fraction of sp³-hybridized carbons (Fsp3) is 0.278. The van der Waals surface area contributed by atoms with E-state index in [4.69, 9.17) is 0 Å². The molecular formula is C18H19NO3S. The highest BCUT2D eigenvalue weighted by Crippen LogP contribution is 2.45. The van der Waals surface area contributed by atoms with Gasteiger partial charge in [-0.15, -0.1) is 0 Å². The first kappa shape index (κ1) is 15.7. The summed E-state index contributed by atoms with van der Waals surface area (Å²) < 4.78 is 25.3. The van der Waals surface area contributed by atoms with E-state index in [0.29, 0.717) is 26.6 Å². The van der Waals surface area contributed by atoms with E-state index in [2.05, 4.69) is 5.32 Å². The van der Waals surface area contributed by atoms with Crippen LogP contribution in [0.15, 0.2) is 46.2 Å². The van der Waals surface area contributed by atoms with E-state index >= 15 is 0 Å². The summed E-state index contributed by atoms with van der Waals surface area (Å²) >= 11 is 0. The second kappa shape index (κ2) is 4.93. The van der Waals surface area contributed by atoms with Gasteiger partial charge >= 0.3 is 0 Å². The van der Waals surface area contributed by atoms with E-state index in [-0.39, 0.29) is 5.91 Å². The summed E-state index contributed by atoms with van der Waals surface area (Å²) in [6, 6.07) is 10.4. The summed E-state index contributed by atoms with van der Waals surface area (Å²) in [5.74, 6) is -0.102. The molecule has 0 saturated heterocycles. The Kier molecular flexibility index (Phi) is 3.37. The van der Waals surface area contributed by atoms with Crippen molar-refractivity contribution in [3.63, 3.8) is 0 Å². The van der Waals surface area contributed by atoms with E-state index in [1.165, 1.54) is 0 Å². The molecule has 1 N–H and O–H groups in total. The number of rotatable bonds is 1. The van der Waals surface area contributed by atoms with E-state index in [0.717, 1.165) is 5.56 Å². The highest BCUT2D eigenvalue weighted by molar-refractivity contribution is 7.92. The lowest BCUT2D eigenvalue weighted by molar-refractivity contribution is -0.123. The first-order valence-corrected chi connectivity index (χ1v) is 8.91. The maximum atomic E-state index is 12.6. The van der Waals surface area contributed by atoms with Crippen molar-refractivity contribution in [1.29, 1.82) is 0 Å². The zero-order valence-electron chi connectivity index (χ0n) is 13.6. The molecule has 0 atom stereocenters. The first-order valence-electron chi connectivity index (χ1n) is 7.43. The molecule has 1 amide bonds. The predicted molar refractivity (Wildman–Crippen MR) is 90.2 cm³/mol. The molecule has 0 unspecified atom stereocenters. The molecule has 2 aromatic rings. The molecule has 23 heavy (non-hydrogen) atoms. The normalized spacial score (nSPS) is 15.0. The van der Waals surface area contributed by atoms with Gasteiger partial charge in [0, 0.05) is 22.2 Å². The molecule has 1 heterocycles. The Hall–Kier alpha value is -2.14. The Balaban J connectivity index is 2.16. The molecule has 0 spiro atoms. The van der Waals surface area contributed by atoms with Gasteiger partial charge in [0.2, 0.25) is 15.7 Å². The molecule has 0 bridgehead atoms. The number of benzene rings is 2. The minimum atomic E-state index is -3.47. The number of hydrogen-bond donors (Lipinski definition) is 1. The number of hydrogen-bond acceptors (Lipinski definition) is 3. The summed E-state index contributed by atoms with van der Waals surface area (Å²) in [6.45, 7) is 7.32. The van der Waals surface area contributed by atoms with E-state index < -0.39 is 15.3 Å². The zero-order valence-corrected chi connectivity index (χ0v) is 14.4. The average molecular weight is 329 g/mol. The molecule has 3 rings (SSSR count). The molecule has 0 aromatic heterocycles. The summed E-state index contributed by atoms with van der Waals surface area (Å²) in [6.07, 6.45) is 0. The van der Waals surface area contributed by atoms with Gasteiger partial charge in [-0.2, -0.15) is 0 Å². The third-order valence-corrected chi connectivity index (χ3v) is 5.86. The SMILES string of the molecule is Cc1cc2c(cc1NC(=O)C(C)(C)C)-c1ccccc1S2(=O)=O. The van der Waals surface area contributed by atoms with E-state index in [1.54, 1.807) is 37.3 Å². The van der Waals surface area contributed by atoms with Gasteiger partial charge in [0.05, 0.1) is 9.79 Å². The molecule has 2 aromatic carbocycles. The van der Waals surface area contributed by atoms with Crippen LogP contribution in [-0.4, -0.2) is 14.3 Å². The van der Waals surface area contributed by atoms with Gasteiger partial charge in [-0.1, -0.05) is 39.0 Å². The molecule has 1 aliphatic heterocycles. The number of amides is 1. The molecule has 0 aliphatic carbocycles. The molecule has 1 aliphatic rings. The molecule has 0 saturated carbocycles. The van der Waals surface area contributed by atoms with Crippen LogP contribution in [-0.2, 0) is 14.6 Å².